The van der Waals surface area contributed by atoms with Gasteiger partial charge in [0.25, 0.3) is 0 Å². The molecule has 0 aromatic carbocycles. The number of hydrogen-bond donors (Lipinski definition) is 3. The molecule has 0 radical (unpaired) electrons. The van der Waals surface area contributed by atoms with Crippen LogP contribution in [0.3, 0.4) is 0 Å². The van der Waals surface area contributed by atoms with Crippen LogP contribution in [-0.2, 0) is 4.74 Å². The number of amides is 1. The van der Waals surface area contributed by atoms with Crippen molar-refractivity contribution in [3.8, 4) is 0 Å². The van der Waals surface area contributed by atoms with Gasteiger partial charge in [0, 0.05) is 13.1 Å². The van der Waals surface area contributed by atoms with Crippen molar-refractivity contribution in [3.63, 3.8) is 0 Å². The molecule has 6 heteroatoms. The van der Waals surface area contributed by atoms with Crippen LogP contribution >= 0.6 is 0 Å². The fourth-order valence-corrected chi connectivity index (χ4v) is 10.5. The summed E-state index contributed by atoms with van der Waals surface area (Å²) in [6, 6.07) is 0. The first-order chi connectivity index (χ1) is 17.1. The number of likely N-dealkylation sites (tertiary alicyclic amines) is 1. The molecule has 0 spiro atoms. The first-order valence-corrected chi connectivity index (χ1v) is 15.1. The van der Waals surface area contributed by atoms with E-state index in [4.69, 9.17) is 4.74 Å². The molecule has 5 rings (SSSR count). The second kappa shape index (κ2) is 10.0. The number of hydrogen-bond acceptors (Lipinski definition) is 5. The quantitative estimate of drug-likeness (QED) is 0.497. The fourth-order valence-electron chi connectivity index (χ4n) is 10.5. The molecule has 5 aliphatic rings. The first-order valence-electron chi connectivity index (χ1n) is 15.1. The third kappa shape index (κ3) is 4.31. The fraction of sp³-hybridized carbons (Fsp3) is 0.967. The number of fused-ring (bicyclic) bond motifs is 5. The number of rotatable bonds is 5. The number of β-amino-alcohol motifs (C(OH)–C–C–N with tert-alkyl or cyclic N) is 1. The Kier molecular flexibility index (Phi) is 7.46. The average molecular weight is 506 g/mol. The van der Waals surface area contributed by atoms with Crippen molar-refractivity contribution in [2.45, 2.75) is 110 Å². The highest BCUT2D eigenvalue weighted by Crippen LogP contribution is 2.69. The van der Waals surface area contributed by atoms with Crippen LogP contribution in [0.2, 0.25) is 0 Å². The van der Waals surface area contributed by atoms with Crippen LogP contribution in [0.25, 0.3) is 0 Å². The second-order valence-electron chi connectivity index (χ2n) is 13.9. The van der Waals surface area contributed by atoms with Gasteiger partial charge in [-0.3, -0.25) is 0 Å². The summed E-state index contributed by atoms with van der Waals surface area (Å²) in [6.07, 6.45) is 9.09. The molecule has 6 nitrogen and oxygen atoms in total. The maximum absolute atomic E-state index is 12.4. The van der Waals surface area contributed by atoms with Gasteiger partial charge in [0.15, 0.2) is 0 Å². The van der Waals surface area contributed by atoms with Crippen molar-refractivity contribution in [2.75, 3.05) is 19.7 Å². The van der Waals surface area contributed by atoms with Crippen molar-refractivity contribution in [2.24, 2.45) is 52.3 Å². The summed E-state index contributed by atoms with van der Waals surface area (Å²) in [5.74, 6) is 3.32. The van der Waals surface area contributed by atoms with Crippen LogP contribution in [-0.4, -0.2) is 64.3 Å². The smallest absolute Gasteiger partial charge is 0.409 e. The van der Waals surface area contributed by atoms with Crippen molar-refractivity contribution in [1.29, 1.82) is 0 Å². The predicted molar refractivity (Wildman–Crippen MR) is 139 cm³/mol. The molecule has 36 heavy (non-hydrogen) atoms. The molecule has 0 bridgehead atoms. The molecular formula is C30H51NO5. The highest BCUT2D eigenvalue weighted by atomic mass is 16.6. The molecule has 1 aliphatic heterocycles. The summed E-state index contributed by atoms with van der Waals surface area (Å²) in [5.41, 5.74) is 0.479. The SMILES string of the molecule is CC[C@H]1[C@@H](O)C2[C@@H]3CC[C@H]([C@H](C)CCOC(=O)N4CC[C@@H](O)C4)C3(C)CC[C@@H]2C2(C)CC[C@@H](O)C[C@@H]12. The Morgan fingerprint density at radius 2 is 1.69 bits per heavy atom. The lowest BCUT2D eigenvalue weighted by atomic mass is 9.41. The maximum atomic E-state index is 12.4. The number of carbonyl (C=O) groups excluding carboxylic acids is 1. The number of aliphatic hydroxyl groups excluding tert-OH is 3. The molecule has 4 saturated carbocycles. The molecule has 1 amide bonds. The topological polar surface area (TPSA) is 90.2 Å². The lowest BCUT2D eigenvalue weighted by Gasteiger charge is -2.64. The Labute approximate surface area is 218 Å². The van der Waals surface area contributed by atoms with Crippen molar-refractivity contribution in [3.05, 3.63) is 0 Å². The summed E-state index contributed by atoms with van der Waals surface area (Å²) < 4.78 is 5.60. The second-order valence-corrected chi connectivity index (χ2v) is 13.9. The van der Waals surface area contributed by atoms with Gasteiger partial charge in [-0.05, 0) is 110 Å². The van der Waals surface area contributed by atoms with Crippen LogP contribution in [0, 0.1) is 52.3 Å². The zero-order valence-corrected chi connectivity index (χ0v) is 23.1. The summed E-state index contributed by atoms with van der Waals surface area (Å²) in [5, 5.41) is 32.0. The van der Waals surface area contributed by atoms with E-state index in [0.717, 1.165) is 32.1 Å². The van der Waals surface area contributed by atoms with Gasteiger partial charge in [0.05, 0.1) is 24.9 Å². The van der Waals surface area contributed by atoms with Gasteiger partial charge < -0.3 is 25.0 Å². The summed E-state index contributed by atoms with van der Waals surface area (Å²) in [4.78, 5) is 14.0. The Bertz CT molecular complexity index is 806. The average Bonchev–Trinajstić information content (AvgIpc) is 3.43. The minimum Gasteiger partial charge on any atom is -0.449 e. The van der Waals surface area contributed by atoms with E-state index in [1.807, 2.05) is 0 Å². The van der Waals surface area contributed by atoms with E-state index in [1.165, 1.54) is 25.7 Å². The molecule has 3 unspecified atom stereocenters. The summed E-state index contributed by atoms with van der Waals surface area (Å²) >= 11 is 0. The normalized spacial score (nSPS) is 49.2. The van der Waals surface area contributed by atoms with Crippen LogP contribution < -0.4 is 0 Å². The van der Waals surface area contributed by atoms with Crippen LogP contribution in [0.5, 0.6) is 0 Å². The van der Waals surface area contributed by atoms with Crippen molar-refractivity contribution >= 4 is 6.09 Å². The van der Waals surface area contributed by atoms with Gasteiger partial charge in [0.2, 0.25) is 0 Å². The van der Waals surface area contributed by atoms with Gasteiger partial charge in [-0.15, -0.1) is 0 Å². The number of nitrogens with zero attached hydrogens (tertiary/aromatic N) is 1. The monoisotopic (exact) mass is 505 g/mol. The molecule has 3 N–H and O–H groups in total. The molecular weight excluding hydrogens is 454 g/mol. The molecule has 5 fully saturated rings. The minimum atomic E-state index is -0.416. The van der Waals surface area contributed by atoms with E-state index in [2.05, 4.69) is 27.7 Å². The zero-order chi connectivity index (χ0) is 25.8. The van der Waals surface area contributed by atoms with Gasteiger partial charge in [-0.2, -0.15) is 0 Å². The summed E-state index contributed by atoms with van der Waals surface area (Å²) in [7, 11) is 0. The van der Waals surface area contributed by atoms with E-state index < -0.39 is 6.10 Å². The molecule has 1 saturated heterocycles. The van der Waals surface area contributed by atoms with E-state index in [-0.39, 0.29) is 29.1 Å². The Morgan fingerprint density at radius 3 is 2.39 bits per heavy atom. The van der Waals surface area contributed by atoms with Crippen LogP contribution in [0.4, 0.5) is 4.79 Å². The Morgan fingerprint density at radius 1 is 0.972 bits per heavy atom. The summed E-state index contributed by atoms with van der Waals surface area (Å²) in [6.45, 7) is 11.0. The lowest BCUT2D eigenvalue weighted by Crippen LogP contribution is -2.62. The van der Waals surface area contributed by atoms with Crippen LogP contribution in [0.1, 0.15) is 91.9 Å². The Balaban J connectivity index is 1.26. The van der Waals surface area contributed by atoms with Gasteiger partial charge in [-0.25, -0.2) is 4.79 Å². The van der Waals surface area contributed by atoms with E-state index in [0.29, 0.717) is 67.5 Å². The lowest BCUT2D eigenvalue weighted by molar-refractivity contribution is -0.203. The Hall–Kier alpha value is -0.850. The predicted octanol–water partition coefficient (Wildman–Crippen LogP) is 4.84. The first kappa shape index (κ1) is 26.7. The van der Waals surface area contributed by atoms with E-state index >= 15 is 0 Å². The highest BCUT2D eigenvalue weighted by Gasteiger charge is 2.64. The molecule has 4 aliphatic carbocycles. The number of ether oxygens (including phenoxy) is 1. The molecule has 12 atom stereocenters. The van der Waals surface area contributed by atoms with Gasteiger partial charge in [0.1, 0.15) is 0 Å². The minimum absolute atomic E-state index is 0.198. The molecule has 206 valence electrons. The van der Waals surface area contributed by atoms with Crippen LogP contribution in [0.15, 0.2) is 0 Å². The molecule has 0 aromatic heterocycles. The van der Waals surface area contributed by atoms with Crippen molar-refractivity contribution < 1.29 is 24.9 Å². The number of carbonyl (C=O) groups is 1. The van der Waals surface area contributed by atoms with E-state index in [9.17, 15) is 20.1 Å². The largest absolute Gasteiger partial charge is 0.449 e. The molecule has 1 heterocycles. The van der Waals surface area contributed by atoms with Crippen molar-refractivity contribution in [1.82, 2.24) is 4.90 Å². The third-order valence-electron chi connectivity index (χ3n) is 12.4. The maximum Gasteiger partial charge on any atom is 0.409 e. The highest BCUT2D eigenvalue weighted by molar-refractivity contribution is 5.68. The van der Waals surface area contributed by atoms with Gasteiger partial charge >= 0.3 is 6.09 Å². The number of aliphatic hydroxyl groups is 3. The van der Waals surface area contributed by atoms with E-state index in [1.54, 1.807) is 4.90 Å². The third-order valence-corrected chi connectivity index (χ3v) is 12.4. The zero-order valence-electron chi connectivity index (χ0n) is 23.1. The van der Waals surface area contributed by atoms with Gasteiger partial charge in [-0.1, -0.05) is 34.1 Å². The standard InChI is InChI=1S/C30H51NO5/c1-5-21-25-16-19(32)8-12-30(25,4)24-9-13-29(3)22(6-7-23(29)26(24)27(21)34)18(2)11-15-36-28(35)31-14-10-20(33)17-31/h18-27,32-34H,5-17H2,1-4H3/t18-,19-,20-,21-,22-,23+,24+,25+,26?,27-,29?,30?/m1/s1. The molecule has 0 aromatic rings.